The van der Waals surface area contributed by atoms with Crippen LogP contribution < -0.4 is 10.7 Å². The first kappa shape index (κ1) is 32.8. The standard InChI is InChI=1S/C32H31Cl2N5O5.ClH/c33-26-16-35-17-27(34)28(26)37-31(41)25-19-39(30-24(29(25)40)2-1-11-36-30)22-7-9-23(10-8-22)44-32(42)21-5-3-20(4-6-21)18-38-12-14-43-15-13-38;/h1-6,11,16-17,19,22-23H,7-10,12-15,18H2,(H,35,37,41);1H/t22-,23-;. The zero-order chi connectivity index (χ0) is 30.6. The Balaban J connectivity index is 0.00000400. The van der Waals surface area contributed by atoms with Crippen LogP contribution in [-0.2, 0) is 16.0 Å². The molecular weight excluding hydrogens is 641 g/mol. The van der Waals surface area contributed by atoms with Gasteiger partial charge in [0, 0.05) is 50.5 Å². The molecule has 2 fully saturated rings. The highest BCUT2D eigenvalue weighted by molar-refractivity contribution is 6.39. The number of benzene rings is 1. The van der Waals surface area contributed by atoms with Crippen molar-refractivity contribution < 1.29 is 19.1 Å². The number of amides is 1. The van der Waals surface area contributed by atoms with Crippen LogP contribution in [0.25, 0.3) is 11.0 Å². The number of aromatic nitrogens is 3. The van der Waals surface area contributed by atoms with Gasteiger partial charge in [0.25, 0.3) is 5.91 Å². The number of nitrogens with zero attached hydrogens (tertiary/aromatic N) is 4. The Bertz CT molecular complexity index is 1720. The van der Waals surface area contributed by atoms with Crippen molar-refractivity contribution in [1.82, 2.24) is 19.4 Å². The van der Waals surface area contributed by atoms with E-state index in [4.69, 9.17) is 32.7 Å². The normalized spacial score (nSPS) is 18.6. The summed E-state index contributed by atoms with van der Waals surface area (Å²) < 4.78 is 13.2. The summed E-state index contributed by atoms with van der Waals surface area (Å²) in [6.45, 7) is 4.12. The van der Waals surface area contributed by atoms with Crippen LogP contribution in [0.3, 0.4) is 0 Å². The molecule has 0 unspecified atom stereocenters. The van der Waals surface area contributed by atoms with E-state index in [1.165, 1.54) is 12.4 Å². The zero-order valence-electron chi connectivity index (χ0n) is 24.3. The molecule has 0 radical (unpaired) electrons. The summed E-state index contributed by atoms with van der Waals surface area (Å²) in [4.78, 5) is 50.3. The van der Waals surface area contributed by atoms with E-state index in [1.54, 1.807) is 24.5 Å². The number of morpholine rings is 1. The molecule has 45 heavy (non-hydrogen) atoms. The van der Waals surface area contributed by atoms with Crippen LogP contribution in [0, 0.1) is 0 Å². The van der Waals surface area contributed by atoms with Gasteiger partial charge in [0.2, 0.25) is 5.43 Å². The summed E-state index contributed by atoms with van der Waals surface area (Å²) in [6, 6.07) is 10.9. The number of ether oxygens (including phenoxy) is 2. The van der Waals surface area contributed by atoms with Gasteiger partial charge in [-0.15, -0.1) is 12.4 Å². The fourth-order valence-corrected chi connectivity index (χ4v) is 6.22. The van der Waals surface area contributed by atoms with Gasteiger partial charge in [-0.1, -0.05) is 35.3 Å². The van der Waals surface area contributed by atoms with E-state index in [1.807, 2.05) is 28.8 Å². The highest BCUT2D eigenvalue weighted by atomic mass is 35.5. The monoisotopic (exact) mass is 671 g/mol. The molecule has 13 heteroatoms. The Kier molecular flexibility index (Phi) is 10.7. The molecule has 0 bridgehead atoms. The van der Waals surface area contributed by atoms with Crippen LogP contribution in [-0.4, -0.2) is 63.7 Å². The van der Waals surface area contributed by atoms with Gasteiger partial charge in [-0.3, -0.25) is 19.5 Å². The summed E-state index contributed by atoms with van der Waals surface area (Å²) in [5, 5.41) is 3.30. The molecule has 4 aromatic rings. The van der Waals surface area contributed by atoms with Gasteiger partial charge in [0.15, 0.2) is 0 Å². The smallest absolute Gasteiger partial charge is 0.338 e. The van der Waals surface area contributed by atoms with Crippen LogP contribution in [0.4, 0.5) is 5.69 Å². The summed E-state index contributed by atoms with van der Waals surface area (Å²) in [5.41, 5.74) is 1.84. The Hall–Kier alpha value is -3.54. The highest BCUT2D eigenvalue weighted by Gasteiger charge is 2.28. The lowest BCUT2D eigenvalue weighted by atomic mass is 9.92. The van der Waals surface area contributed by atoms with Crippen LogP contribution in [0.5, 0.6) is 0 Å². The summed E-state index contributed by atoms with van der Waals surface area (Å²) >= 11 is 12.4. The van der Waals surface area contributed by atoms with Gasteiger partial charge in [-0.2, -0.15) is 0 Å². The van der Waals surface area contributed by atoms with Crippen molar-refractivity contribution in [3.8, 4) is 0 Å². The number of pyridine rings is 3. The molecule has 10 nitrogen and oxygen atoms in total. The lowest BCUT2D eigenvalue weighted by Crippen LogP contribution is -2.35. The quantitative estimate of drug-likeness (QED) is 0.240. The van der Waals surface area contributed by atoms with Crippen LogP contribution >= 0.6 is 35.6 Å². The van der Waals surface area contributed by atoms with E-state index in [9.17, 15) is 14.4 Å². The van der Waals surface area contributed by atoms with E-state index in [2.05, 4.69) is 20.2 Å². The van der Waals surface area contributed by atoms with Crippen molar-refractivity contribution in [2.75, 3.05) is 31.6 Å². The van der Waals surface area contributed by atoms with E-state index >= 15 is 0 Å². The molecule has 6 rings (SSSR count). The van der Waals surface area contributed by atoms with Crippen molar-refractivity contribution in [2.45, 2.75) is 44.4 Å². The summed E-state index contributed by atoms with van der Waals surface area (Å²) in [7, 11) is 0. The number of anilines is 1. The fourth-order valence-electron chi connectivity index (χ4n) is 5.76. The van der Waals surface area contributed by atoms with E-state index < -0.39 is 11.3 Å². The second-order valence-corrected chi connectivity index (χ2v) is 11.8. The minimum Gasteiger partial charge on any atom is -0.459 e. The van der Waals surface area contributed by atoms with Gasteiger partial charge < -0.3 is 19.4 Å². The van der Waals surface area contributed by atoms with Crippen molar-refractivity contribution in [3.63, 3.8) is 0 Å². The molecule has 1 saturated heterocycles. The van der Waals surface area contributed by atoms with Crippen molar-refractivity contribution >= 4 is 64.2 Å². The number of rotatable bonds is 7. The largest absolute Gasteiger partial charge is 0.459 e. The predicted octanol–water partition coefficient (Wildman–Crippen LogP) is 5.95. The van der Waals surface area contributed by atoms with Crippen molar-refractivity contribution in [1.29, 1.82) is 0 Å². The lowest BCUT2D eigenvalue weighted by Gasteiger charge is -2.31. The van der Waals surface area contributed by atoms with Crippen LogP contribution in [0.15, 0.2) is 66.0 Å². The fraction of sp³-hybridized carbons (Fsp3) is 0.344. The number of hydrogen-bond donors (Lipinski definition) is 1. The van der Waals surface area contributed by atoms with Crippen molar-refractivity contribution in [2.24, 2.45) is 0 Å². The summed E-state index contributed by atoms with van der Waals surface area (Å²) in [6.07, 6.45) is 8.27. The van der Waals surface area contributed by atoms with Gasteiger partial charge in [-0.25, -0.2) is 9.78 Å². The minimum absolute atomic E-state index is 0. The molecule has 0 atom stereocenters. The Labute approximate surface area is 276 Å². The Morgan fingerprint density at radius 3 is 2.38 bits per heavy atom. The average molecular weight is 673 g/mol. The number of hydrogen-bond acceptors (Lipinski definition) is 8. The Morgan fingerprint density at radius 2 is 1.69 bits per heavy atom. The first-order valence-corrected chi connectivity index (χ1v) is 15.3. The van der Waals surface area contributed by atoms with Gasteiger partial charge in [0.1, 0.15) is 17.3 Å². The average Bonchev–Trinajstić information content (AvgIpc) is 3.04. The number of nitrogens with one attached hydrogen (secondary N) is 1. The number of halogens is 3. The van der Waals surface area contributed by atoms with Crippen molar-refractivity contribution in [3.05, 3.63) is 98.1 Å². The number of esters is 1. The van der Waals surface area contributed by atoms with E-state index in [0.717, 1.165) is 38.4 Å². The minimum atomic E-state index is -0.636. The number of carbonyl (C=O) groups is 2. The maximum Gasteiger partial charge on any atom is 0.338 e. The molecule has 1 amide bonds. The van der Waals surface area contributed by atoms with Crippen LogP contribution in [0.1, 0.15) is 58.0 Å². The maximum atomic E-state index is 13.3. The molecule has 1 aliphatic carbocycles. The number of fused-ring (bicyclic) bond motifs is 1. The molecule has 2 aliphatic rings. The zero-order valence-corrected chi connectivity index (χ0v) is 26.6. The molecule has 1 aromatic carbocycles. The van der Waals surface area contributed by atoms with Gasteiger partial charge in [-0.05, 0) is 55.5 Å². The molecule has 4 heterocycles. The molecular formula is C32H32Cl3N5O5. The first-order valence-electron chi connectivity index (χ1n) is 14.6. The Morgan fingerprint density at radius 1 is 1.00 bits per heavy atom. The van der Waals surface area contributed by atoms with E-state index in [-0.39, 0.29) is 51.8 Å². The predicted molar refractivity (Wildman–Crippen MR) is 175 cm³/mol. The summed E-state index contributed by atoms with van der Waals surface area (Å²) in [5.74, 6) is -0.975. The number of carbonyl (C=O) groups excluding carboxylic acids is 2. The van der Waals surface area contributed by atoms with E-state index in [0.29, 0.717) is 42.3 Å². The second-order valence-electron chi connectivity index (χ2n) is 11.0. The highest BCUT2D eigenvalue weighted by Crippen LogP contribution is 2.33. The maximum absolute atomic E-state index is 13.3. The molecule has 236 valence electrons. The van der Waals surface area contributed by atoms with Crippen LogP contribution in [0.2, 0.25) is 10.0 Å². The van der Waals surface area contributed by atoms with Gasteiger partial charge >= 0.3 is 5.97 Å². The third-order valence-electron chi connectivity index (χ3n) is 8.14. The SMILES string of the molecule is Cl.O=C(O[C@H]1CC[C@H](n2cc(C(=O)Nc3c(Cl)cncc3Cl)c(=O)c3cccnc32)CC1)c1ccc(CN2CCOCC2)cc1. The first-order chi connectivity index (χ1) is 21.4. The van der Waals surface area contributed by atoms with Gasteiger partial charge in [0.05, 0.1) is 39.9 Å². The molecule has 1 saturated carbocycles. The molecule has 0 spiro atoms. The third kappa shape index (κ3) is 7.48. The second kappa shape index (κ2) is 14.7. The topological polar surface area (TPSA) is 116 Å². The third-order valence-corrected chi connectivity index (χ3v) is 8.71. The molecule has 3 aromatic heterocycles. The molecule has 1 N–H and O–H groups in total. The lowest BCUT2D eigenvalue weighted by molar-refractivity contribution is 0.0173. The molecule has 1 aliphatic heterocycles.